The molecular formula is C15H17N3O3S. The largest absolute Gasteiger partial charge is 0.486 e. The van der Waals surface area contributed by atoms with Crippen molar-refractivity contribution in [1.82, 2.24) is 4.98 Å². The molecule has 0 bridgehead atoms. The van der Waals surface area contributed by atoms with Crippen LogP contribution in [0, 0.1) is 0 Å². The molecule has 1 atom stereocenters. The molecule has 6 nitrogen and oxygen atoms in total. The van der Waals surface area contributed by atoms with Gasteiger partial charge in [-0.1, -0.05) is 0 Å². The standard InChI is InChI=1S/C15H17N3O3S/c1-9(16)6-14(19)18-15-17-11(8-22-15)10-2-3-12-13(7-10)21-5-4-20-12/h2-3,7-9H,4-6,16H2,1H3,(H,17,18,19). The lowest BCUT2D eigenvalue weighted by atomic mass is 10.1. The fraction of sp³-hybridized carbons (Fsp3) is 0.333. The highest BCUT2D eigenvalue weighted by Gasteiger charge is 2.14. The molecule has 1 aromatic heterocycles. The minimum Gasteiger partial charge on any atom is -0.486 e. The van der Waals surface area contributed by atoms with Gasteiger partial charge in [0, 0.05) is 23.4 Å². The predicted octanol–water partition coefficient (Wildman–Crippen LogP) is 2.26. The molecule has 1 amide bonds. The number of nitrogens with one attached hydrogen (secondary N) is 1. The van der Waals surface area contributed by atoms with Gasteiger partial charge in [-0.15, -0.1) is 11.3 Å². The highest BCUT2D eigenvalue weighted by Crippen LogP contribution is 2.35. The molecule has 22 heavy (non-hydrogen) atoms. The number of ether oxygens (including phenoxy) is 2. The van der Waals surface area contributed by atoms with Crippen LogP contribution < -0.4 is 20.5 Å². The van der Waals surface area contributed by atoms with E-state index in [2.05, 4.69) is 10.3 Å². The van der Waals surface area contributed by atoms with Crippen molar-refractivity contribution in [2.24, 2.45) is 5.73 Å². The summed E-state index contributed by atoms with van der Waals surface area (Å²) in [6.45, 7) is 2.91. The topological polar surface area (TPSA) is 86.5 Å². The molecule has 116 valence electrons. The lowest BCUT2D eigenvalue weighted by molar-refractivity contribution is -0.116. The van der Waals surface area contributed by atoms with E-state index in [1.165, 1.54) is 11.3 Å². The Hall–Kier alpha value is -2.12. The van der Waals surface area contributed by atoms with Crippen LogP contribution in [-0.2, 0) is 4.79 Å². The first kappa shape index (κ1) is 14.8. The zero-order chi connectivity index (χ0) is 15.5. The van der Waals surface area contributed by atoms with Gasteiger partial charge in [-0.25, -0.2) is 4.98 Å². The van der Waals surface area contributed by atoms with E-state index in [-0.39, 0.29) is 18.4 Å². The van der Waals surface area contributed by atoms with E-state index in [4.69, 9.17) is 15.2 Å². The second-order valence-corrected chi connectivity index (χ2v) is 5.98. The molecule has 0 aliphatic carbocycles. The van der Waals surface area contributed by atoms with Crippen LogP contribution in [0.15, 0.2) is 23.6 Å². The maximum Gasteiger partial charge on any atom is 0.227 e. The Kier molecular flexibility index (Phi) is 4.26. The number of anilines is 1. The van der Waals surface area contributed by atoms with Gasteiger partial charge < -0.3 is 20.5 Å². The molecule has 0 radical (unpaired) electrons. The summed E-state index contributed by atoms with van der Waals surface area (Å²) < 4.78 is 11.1. The zero-order valence-electron chi connectivity index (χ0n) is 12.2. The Balaban J connectivity index is 1.75. The van der Waals surface area contributed by atoms with Crippen LogP contribution >= 0.6 is 11.3 Å². The summed E-state index contributed by atoms with van der Waals surface area (Å²) >= 11 is 1.38. The smallest absolute Gasteiger partial charge is 0.227 e. The van der Waals surface area contributed by atoms with Crippen molar-refractivity contribution in [3.63, 3.8) is 0 Å². The number of thiazole rings is 1. The van der Waals surface area contributed by atoms with Crippen molar-refractivity contribution < 1.29 is 14.3 Å². The van der Waals surface area contributed by atoms with Crippen molar-refractivity contribution in [2.45, 2.75) is 19.4 Å². The Bertz CT molecular complexity index is 684. The minimum absolute atomic E-state index is 0.127. The molecule has 3 N–H and O–H groups in total. The third-order valence-electron chi connectivity index (χ3n) is 3.10. The number of nitrogens with zero attached hydrogens (tertiary/aromatic N) is 1. The van der Waals surface area contributed by atoms with Crippen LogP contribution in [0.3, 0.4) is 0 Å². The second kappa shape index (κ2) is 6.33. The Morgan fingerprint density at radius 1 is 1.41 bits per heavy atom. The summed E-state index contributed by atoms with van der Waals surface area (Å²) in [5, 5.41) is 5.22. The maximum atomic E-state index is 11.7. The fourth-order valence-corrected chi connectivity index (χ4v) is 2.87. The minimum atomic E-state index is -0.169. The second-order valence-electron chi connectivity index (χ2n) is 5.13. The number of carbonyl (C=O) groups is 1. The first-order valence-electron chi connectivity index (χ1n) is 7.03. The summed E-state index contributed by atoms with van der Waals surface area (Å²) in [5.41, 5.74) is 7.32. The van der Waals surface area contributed by atoms with Gasteiger partial charge in [0.25, 0.3) is 0 Å². The first-order valence-corrected chi connectivity index (χ1v) is 7.91. The van der Waals surface area contributed by atoms with Crippen molar-refractivity contribution in [3.05, 3.63) is 23.6 Å². The average Bonchev–Trinajstić information content (AvgIpc) is 2.94. The van der Waals surface area contributed by atoms with E-state index in [0.29, 0.717) is 18.3 Å². The lowest BCUT2D eigenvalue weighted by Gasteiger charge is -2.18. The van der Waals surface area contributed by atoms with E-state index in [1.54, 1.807) is 6.92 Å². The van der Waals surface area contributed by atoms with Crippen LogP contribution in [0.25, 0.3) is 11.3 Å². The summed E-state index contributed by atoms with van der Waals surface area (Å²) in [4.78, 5) is 16.1. The number of fused-ring (bicyclic) bond motifs is 1. The quantitative estimate of drug-likeness (QED) is 0.902. The number of hydrogen-bond donors (Lipinski definition) is 2. The van der Waals surface area contributed by atoms with Gasteiger partial charge >= 0.3 is 0 Å². The van der Waals surface area contributed by atoms with Crippen molar-refractivity contribution in [2.75, 3.05) is 18.5 Å². The summed E-state index contributed by atoms with van der Waals surface area (Å²) in [6, 6.07) is 5.53. The van der Waals surface area contributed by atoms with E-state index in [9.17, 15) is 4.79 Å². The fourth-order valence-electron chi connectivity index (χ4n) is 2.13. The molecule has 1 aromatic carbocycles. The normalized spacial score (nSPS) is 14.5. The molecule has 0 saturated carbocycles. The van der Waals surface area contributed by atoms with Gasteiger partial charge in [-0.05, 0) is 25.1 Å². The molecule has 3 rings (SSSR count). The number of aromatic nitrogens is 1. The molecule has 0 fully saturated rings. The van der Waals surface area contributed by atoms with Crippen LogP contribution in [0.1, 0.15) is 13.3 Å². The number of benzene rings is 1. The van der Waals surface area contributed by atoms with E-state index < -0.39 is 0 Å². The van der Waals surface area contributed by atoms with Crippen LogP contribution in [0.2, 0.25) is 0 Å². The van der Waals surface area contributed by atoms with Crippen LogP contribution in [0.4, 0.5) is 5.13 Å². The number of hydrogen-bond acceptors (Lipinski definition) is 6. The van der Waals surface area contributed by atoms with Gasteiger partial charge in [0.2, 0.25) is 5.91 Å². The zero-order valence-corrected chi connectivity index (χ0v) is 13.0. The lowest BCUT2D eigenvalue weighted by Crippen LogP contribution is -2.23. The molecule has 7 heteroatoms. The van der Waals surface area contributed by atoms with Crippen molar-refractivity contribution in [3.8, 4) is 22.8 Å². The first-order chi connectivity index (χ1) is 10.6. The molecule has 1 aliphatic heterocycles. The molecule has 0 spiro atoms. The SMILES string of the molecule is CC(N)CC(=O)Nc1nc(-c2ccc3c(c2)OCCO3)cs1. The summed E-state index contributed by atoms with van der Waals surface area (Å²) in [5.74, 6) is 1.34. The number of rotatable bonds is 4. The maximum absolute atomic E-state index is 11.7. The highest BCUT2D eigenvalue weighted by atomic mass is 32.1. The van der Waals surface area contributed by atoms with E-state index >= 15 is 0 Å². The third-order valence-corrected chi connectivity index (χ3v) is 3.85. The number of carbonyl (C=O) groups excluding carboxylic acids is 1. The summed E-state index contributed by atoms with van der Waals surface area (Å²) in [7, 11) is 0. The predicted molar refractivity (Wildman–Crippen MR) is 85.4 cm³/mol. The third kappa shape index (κ3) is 3.37. The van der Waals surface area contributed by atoms with Crippen molar-refractivity contribution >= 4 is 22.4 Å². The molecule has 1 aliphatic rings. The van der Waals surface area contributed by atoms with Gasteiger partial charge in [0.1, 0.15) is 13.2 Å². The van der Waals surface area contributed by atoms with Crippen LogP contribution in [0.5, 0.6) is 11.5 Å². The molecule has 2 aromatic rings. The van der Waals surface area contributed by atoms with E-state index in [0.717, 1.165) is 22.8 Å². The molecule has 0 saturated heterocycles. The number of nitrogens with two attached hydrogens (primary N) is 1. The Labute approximate surface area is 132 Å². The van der Waals surface area contributed by atoms with E-state index in [1.807, 2.05) is 23.6 Å². The highest BCUT2D eigenvalue weighted by molar-refractivity contribution is 7.14. The molecular weight excluding hydrogens is 302 g/mol. The Morgan fingerprint density at radius 2 is 2.18 bits per heavy atom. The van der Waals surface area contributed by atoms with Gasteiger partial charge in [0.15, 0.2) is 16.6 Å². The van der Waals surface area contributed by atoms with Gasteiger partial charge in [-0.2, -0.15) is 0 Å². The van der Waals surface area contributed by atoms with Crippen molar-refractivity contribution in [1.29, 1.82) is 0 Å². The summed E-state index contributed by atoms with van der Waals surface area (Å²) in [6.07, 6.45) is 0.277. The Morgan fingerprint density at radius 3 is 2.95 bits per heavy atom. The average molecular weight is 319 g/mol. The monoisotopic (exact) mass is 319 g/mol. The number of amides is 1. The molecule has 1 unspecified atom stereocenters. The van der Waals surface area contributed by atoms with Gasteiger partial charge in [-0.3, -0.25) is 4.79 Å². The van der Waals surface area contributed by atoms with Crippen LogP contribution in [-0.4, -0.2) is 30.1 Å². The van der Waals surface area contributed by atoms with Gasteiger partial charge in [0.05, 0.1) is 5.69 Å². The molecule has 2 heterocycles.